The number of benzene rings is 1. The molecule has 0 aliphatic carbocycles. The molecule has 1 aliphatic heterocycles. The molecule has 1 aromatic heterocycles. The molecule has 2 aromatic rings. The van der Waals surface area contributed by atoms with E-state index in [0.29, 0.717) is 31.5 Å². The highest BCUT2D eigenvalue weighted by Crippen LogP contribution is 2.40. The van der Waals surface area contributed by atoms with E-state index in [2.05, 4.69) is 14.9 Å². The molecule has 2 atom stereocenters. The van der Waals surface area contributed by atoms with Gasteiger partial charge >= 0.3 is 0 Å². The standard InChI is InChI=1S/C19H26Cl2N4O4S2/c1-19(2,3)30(27)24-18(14-8-15(20)16(21)9-17(14)26)12-4-6-25(7-5-12)31(28,29)13-10-22-23-11-13/h8-12,18,24,26H,4-7H2,1-3H3,(H,22,23)/t18-,30+/m1/s1. The zero-order valence-corrected chi connectivity index (χ0v) is 20.6. The third kappa shape index (κ3) is 5.43. The van der Waals surface area contributed by atoms with Crippen LogP contribution in [0.25, 0.3) is 0 Å². The van der Waals surface area contributed by atoms with E-state index in [1.165, 1.54) is 22.8 Å². The Morgan fingerprint density at radius 1 is 1.26 bits per heavy atom. The SMILES string of the molecule is CC(C)(C)[S@](=O)N[C@@H](c1cc(Cl)c(Cl)cc1O)C1CCN(S(=O)(=O)c2cn[nH]c2)CC1. The van der Waals surface area contributed by atoms with Crippen molar-refractivity contribution in [3.63, 3.8) is 0 Å². The number of phenols is 1. The first-order chi connectivity index (χ1) is 14.4. The van der Waals surface area contributed by atoms with Crippen molar-refractivity contribution in [2.45, 2.75) is 49.3 Å². The van der Waals surface area contributed by atoms with Crippen LogP contribution in [0.3, 0.4) is 0 Å². The molecule has 0 spiro atoms. The van der Waals surface area contributed by atoms with Gasteiger partial charge in [-0.1, -0.05) is 23.2 Å². The van der Waals surface area contributed by atoms with E-state index < -0.39 is 31.8 Å². The second-order valence-corrected chi connectivity index (χ2v) is 13.2. The van der Waals surface area contributed by atoms with Gasteiger partial charge in [0.1, 0.15) is 10.6 Å². The minimum Gasteiger partial charge on any atom is -0.508 e. The Hall–Kier alpha value is -1.17. The van der Waals surface area contributed by atoms with Gasteiger partial charge in [-0.2, -0.15) is 9.40 Å². The van der Waals surface area contributed by atoms with Gasteiger partial charge in [0.15, 0.2) is 0 Å². The minimum atomic E-state index is -3.63. The van der Waals surface area contributed by atoms with Crippen LogP contribution in [-0.4, -0.2) is 50.1 Å². The Bertz CT molecular complexity index is 1050. The number of hydrogen-bond donors (Lipinski definition) is 3. The van der Waals surface area contributed by atoms with Gasteiger partial charge in [-0.15, -0.1) is 0 Å². The third-order valence-electron chi connectivity index (χ3n) is 5.28. The second kappa shape index (κ2) is 9.36. The van der Waals surface area contributed by atoms with E-state index in [-0.39, 0.29) is 26.6 Å². The lowest BCUT2D eigenvalue weighted by atomic mass is 9.86. The summed E-state index contributed by atoms with van der Waals surface area (Å²) in [5, 5.41) is 17.3. The molecular formula is C19H26Cl2N4O4S2. The summed E-state index contributed by atoms with van der Waals surface area (Å²) in [5.41, 5.74) is 0.489. The Balaban J connectivity index is 1.86. The number of sulfonamides is 1. The lowest BCUT2D eigenvalue weighted by Crippen LogP contribution is -2.44. The van der Waals surface area contributed by atoms with Crippen LogP contribution in [0.4, 0.5) is 0 Å². The quantitative estimate of drug-likeness (QED) is 0.550. The number of hydrogen-bond acceptors (Lipinski definition) is 5. The first-order valence-corrected chi connectivity index (χ1v) is 13.1. The zero-order valence-electron chi connectivity index (χ0n) is 17.4. The Morgan fingerprint density at radius 3 is 2.42 bits per heavy atom. The van der Waals surface area contributed by atoms with E-state index >= 15 is 0 Å². The molecule has 0 radical (unpaired) electrons. The molecule has 0 saturated carbocycles. The number of aromatic amines is 1. The molecule has 1 saturated heterocycles. The first-order valence-electron chi connectivity index (χ1n) is 9.76. The summed E-state index contributed by atoms with van der Waals surface area (Å²) < 4.78 is 42.4. The summed E-state index contributed by atoms with van der Waals surface area (Å²) in [4.78, 5) is 0.122. The summed E-state index contributed by atoms with van der Waals surface area (Å²) in [6.45, 7) is 6.13. The molecule has 0 amide bonds. The van der Waals surface area contributed by atoms with Gasteiger partial charge in [0.05, 0.1) is 38.0 Å². The van der Waals surface area contributed by atoms with Crippen LogP contribution in [0.2, 0.25) is 10.0 Å². The van der Waals surface area contributed by atoms with Gasteiger partial charge < -0.3 is 5.11 Å². The van der Waals surface area contributed by atoms with Gasteiger partial charge in [0.25, 0.3) is 0 Å². The molecule has 3 N–H and O–H groups in total. The molecule has 31 heavy (non-hydrogen) atoms. The second-order valence-electron chi connectivity index (χ2n) is 8.48. The highest BCUT2D eigenvalue weighted by molar-refractivity contribution is 7.89. The van der Waals surface area contributed by atoms with Crippen molar-refractivity contribution in [3.8, 4) is 5.75 Å². The number of rotatable bonds is 6. The van der Waals surface area contributed by atoms with Crippen molar-refractivity contribution in [1.29, 1.82) is 0 Å². The molecule has 8 nitrogen and oxygen atoms in total. The maximum atomic E-state index is 12.9. The van der Waals surface area contributed by atoms with Gasteiger partial charge in [0, 0.05) is 30.9 Å². The number of halogens is 2. The van der Waals surface area contributed by atoms with Crippen molar-refractivity contribution < 1.29 is 17.7 Å². The third-order valence-corrected chi connectivity index (χ3v) is 9.44. The zero-order chi connectivity index (χ0) is 23.0. The molecule has 3 rings (SSSR count). The molecular weight excluding hydrogens is 483 g/mol. The van der Waals surface area contributed by atoms with E-state index in [1.807, 2.05) is 20.8 Å². The van der Waals surface area contributed by atoms with Gasteiger partial charge in [-0.3, -0.25) is 5.10 Å². The van der Waals surface area contributed by atoms with Crippen LogP contribution in [0, 0.1) is 5.92 Å². The smallest absolute Gasteiger partial charge is 0.246 e. The molecule has 0 bridgehead atoms. The predicted octanol–water partition coefficient (Wildman–Crippen LogP) is 3.62. The summed E-state index contributed by atoms with van der Waals surface area (Å²) in [6.07, 6.45) is 3.66. The number of H-pyrrole nitrogens is 1. The Kier molecular flexibility index (Phi) is 7.39. The fourth-order valence-corrected chi connectivity index (χ4v) is 6.10. The lowest BCUT2D eigenvalue weighted by molar-refractivity contribution is 0.235. The van der Waals surface area contributed by atoms with E-state index in [4.69, 9.17) is 23.2 Å². The van der Waals surface area contributed by atoms with Crippen LogP contribution in [-0.2, 0) is 21.0 Å². The van der Waals surface area contributed by atoms with Crippen LogP contribution in [0.5, 0.6) is 5.75 Å². The van der Waals surface area contributed by atoms with Crippen LogP contribution in [0.15, 0.2) is 29.4 Å². The number of nitrogens with one attached hydrogen (secondary N) is 2. The summed E-state index contributed by atoms with van der Waals surface area (Å²) in [6, 6.07) is 2.45. The highest BCUT2D eigenvalue weighted by atomic mass is 35.5. The van der Waals surface area contributed by atoms with Crippen molar-refractivity contribution in [2.24, 2.45) is 5.92 Å². The molecule has 2 heterocycles. The Labute approximate surface area is 195 Å². The summed E-state index contributed by atoms with van der Waals surface area (Å²) >= 11 is 12.2. The largest absolute Gasteiger partial charge is 0.508 e. The fourth-order valence-electron chi connectivity index (χ4n) is 3.49. The fraction of sp³-hybridized carbons (Fsp3) is 0.526. The number of aromatic hydroxyl groups is 1. The normalized spacial score (nSPS) is 18.7. The molecule has 1 fully saturated rings. The summed E-state index contributed by atoms with van der Waals surface area (Å²) in [7, 11) is -5.05. The number of phenolic OH excluding ortho intramolecular Hbond substituents is 1. The van der Waals surface area contributed by atoms with Crippen molar-refractivity contribution in [3.05, 3.63) is 40.1 Å². The predicted molar refractivity (Wildman–Crippen MR) is 122 cm³/mol. The number of nitrogens with zero attached hydrogens (tertiary/aromatic N) is 2. The van der Waals surface area contributed by atoms with Gasteiger partial charge in [-0.05, 0) is 45.6 Å². The van der Waals surface area contributed by atoms with E-state index in [1.54, 1.807) is 6.07 Å². The average molecular weight is 509 g/mol. The molecule has 12 heteroatoms. The lowest BCUT2D eigenvalue weighted by Gasteiger charge is -2.37. The number of piperidine rings is 1. The maximum Gasteiger partial charge on any atom is 0.246 e. The highest BCUT2D eigenvalue weighted by Gasteiger charge is 2.36. The van der Waals surface area contributed by atoms with Crippen molar-refractivity contribution in [2.75, 3.05) is 13.1 Å². The molecule has 172 valence electrons. The average Bonchev–Trinajstić information content (AvgIpc) is 3.24. The van der Waals surface area contributed by atoms with E-state index in [0.717, 1.165) is 0 Å². The topological polar surface area (TPSA) is 115 Å². The molecule has 1 aliphatic rings. The number of aromatic nitrogens is 2. The van der Waals surface area contributed by atoms with Gasteiger partial charge in [0.2, 0.25) is 10.0 Å². The van der Waals surface area contributed by atoms with Gasteiger partial charge in [-0.25, -0.2) is 17.3 Å². The van der Waals surface area contributed by atoms with Crippen molar-refractivity contribution in [1.82, 2.24) is 19.2 Å². The minimum absolute atomic E-state index is 0.0498. The molecule has 1 aromatic carbocycles. The molecule has 0 unspecified atom stereocenters. The maximum absolute atomic E-state index is 12.9. The van der Waals surface area contributed by atoms with Crippen LogP contribution >= 0.6 is 23.2 Å². The van der Waals surface area contributed by atoms with E-state index in [9.17, 15) is 17.7 Å². The van der Waals surface area contributed by atoms with Crippen LogP contribution < -0.4 is 4.72 Å². The monoisotopic (exact) mass is 508 g/mol. The summed E-state index contributed by atoms with van der Waals surface area (Å²) in [5.74, 6) is -0.128. The van der Waals surface area contributed by atoms with Crippen LogP contribution in [0.1, 0.15) is 45.2 Å². The Morgan fingerprint density at radius 2 is 1.87 bits per heavy atom. The van der Waals surface area contributed by atoms with Crippen molar-refractivity contribution >= 4 is 44.2 Å². The first kappa shape index (κ1) is 24.5.